The van der Waals surface area contributed by atoms with Gasteiger partial charge in [-0.3, -0.25) is 10.1 Å². The Kier molecular flexibility index (Phi) is 5.11. The summed E-state index contributed by atoms with van der Waals surface area (Å²) in [4.78, 5) is 12.0. The number of carbonyl (C=O) groups excluding carboxylic acids is 1. The van der Waals surface area contributed by atoms with Gasteiger partial charge in [0.2, 0.25) is 0 Å². The van der Waals surface area contributed by atoms with Crippen LogP contribution in [0.3, 0.4) is 0 Å². The zero-order valence-corrected chi connectivity index (χ0v) is 13.3. The van der Waals surface area contributed by atoms with Gasteiger partial charge < -0.3 is 5.32 Å². The monoisotopic (exact) mass is 368 g/mol. The lowest BCUT2D eigenvalue weighted by Crippen LogP contribution is -2.34. The minimum absolute atomic E-state index is 0.224. The van der Waals surface area contributed by atoms with Crippen LogP contribution in [-0.2, 0) is 0 Å². The summed E-state index contributed by atoms with van der Waals surface area (Å²) in [5, 5.41) is 6.27. The van der Waals surface area contributed by atoms with Gasteiger partial charge in [0.05, 0.1) is 5.69 Å². The molecule has 6 heteroatoms. The first-order chi connectivity index (χ1) is 9.56. The number of benzene rings is 2. The fraction of sp³-hybridized carbons (Fsp3) is 0. The average Bonchev–Trinajstić information content (AvgIpc) is 2.41. The third kappa shape index (κ3) is 4.03. The number of carbonyl (C=O) groups is 1. The van der Waals surface area contributed by atoms with Crippen LogP contribution in [-0.4, -0.2) is 11.0 Å². The lowest BCUT2D eigenvalue weighted by atomic mass is 10.2. The van der Waals surface area contributed by atoms with Gasteiger partial charge in [0, 0.05) is 15.1 Å². The predicted molar refractivity (Wildman–Crippen MR) is 89.3 cm³/mol. The fourth-order valence-corrected chi connectivity index (χ4v) is 2.30. The zero-order chi connectivity index (χ0) is 14.5. The van der Waals surface area contributed by atoms with Crippen LogP contribution in [0.15, 0.2) is 53.0 Å². The van der Waals surface area contributed by atoms with Crippen LogP contribution >= 0.6 is 39.7 Å². The van der Waals surface area contributed by atoms with E-state index in [1.807, 2.05) is 24.3 Å². The summed E-state index contributed by atoms with van der Waals surface area (Å²) in [5.41, 5.74) is 1.23. The van der Waals surface area contributed by atoms with Gasteiger partial charge in [-0.2, -0.15) is 0 Å². The van der Waals surface area contributed by atoms with Crippen LogP contribution in [0.5, 0.6) is 0 Å². The largest absolute Gasteiger partial charge is 0.331 e. The molecule has 1 amide bonds. The summed E-state index contributed by atoms with van der Waals surface area (Å²) in [5.74, 6) is -0.308. The van der Waals surface area contributed by atoms with Crippen LogP contribution in [0.25, 0.3) is 0 Å². The zero-order valence-electron chi connectivity index (χ0n) is 10.2. The lowest BCUT2D eigenvalue weighted by molar-refractivity contribution is 0.0977. The maximum Gasteiger partial charge on any atom is 0.257 e. The van der Waals surface area contributed by atoms with Crippen molar-refractivity contribution in [3.63, 3.8) is 0 Å². The second-order valence-corrected chi connectivity index (χ2v) is 5.60. The Bertz CT molecular complexity index is 663. The van der Waals surface area contributed by atoms with E-state index in [0.717, 1.165) is 10.2 Å². The van der Waals surface area contributed by atoms with Gasteiger partial charge in [-0.1, -0.05) is 29.8 Å². The standard InChI is InChI=1S/C14H10BrClN2OS/c15-11-6-1-2-7-12(11)17-14(20)18-13(19)9-4-3-5-10(16)8-9/h1-8H,(H2,17,18,19,20). The molecule has 2 aromatic carbocycles. The molecule has 2 rings (SSSR count). The quantitative estimate of drug-likeness (QED) is 0.778. The third-order valence-corrected chi connectivity index (χ3v) is 3.57. The first kappa shape index (κ1) is 15.0. The van der Waals surface area contributed by atoms with Gasteiger partial charge in [0.25, 0.3) is 5.91 Å². The lowest BCUT2D eigenvalue weighted by Gasteiger charge is -2.10. The number of amides is 1. The summed E-state index contributed by atoms with van der Waals surface area (Å²) >= 11 is 14.3. The van der Waals surface area contributed by atoms with Crippen molar-refractivity contribution in [3.8, 4) is 0 Å². The van der Waals surface area contributed by atoms with Gasteiger partial charge >= 0.3 is 0 Å². The van der Waals surface area contributed by atoms with E-state index < -0.39 is 0 Å². The molecule has 3 nitrogen and oxygen atoms in total. The van der Waals surface area contributed by atoms with Crippen molar-refractivity contribution in [2.45, 2.75) is 0 Å². The molecule has 2 N–H and O–H groups in total. The SMILES string of the molecule is O=C(NC(=S)Nc1ccccc1Br)c1cccc(Cl)c1. The van der Waals surface area contributed by atoms with Crippen molar-refractivity contribution in [2.75, 3.05) is 5.32 Å². The van der Waals surface area contributed by atoms with Crippen molar-refractivity contribution in [1.29, 1.82) is 0 Å². The van der Waals surface area contributed by atoms with Crippen molar-refractivity contribution in [1.82, 2.24) is 5.32 Å². The van der Waals surface area contributed by atoms with Crippen LogP contribution in [0.2, 0.25) is 5.02 Å². The summed E-state index contributed by atoms with van der Waals surface area (Å²) < 4.78 is 0.861. The summed E-state index contributed by atoms with van der Waals surface area (Å²) in [6.07, 6.45) is 0. The van der Waals surface area contributed by atoms with Crippen LogP contribution in [0.4, 0.5) is 5.69 Å². The number of hydrogen-bond acceptors (Lipinski definition) is 2. The molecule has 0 aliphatic carbocycles. The minimum Gasteiger partial charge on any atom is -0.331 e. The van der Waals surface area contributed by atoms with Crippen molar-refractivity contribution >= 4 is 56.5 Å². The Balaban J connectivity index is 2.02. The van der Waals surface area contributed by atoms with E-state index >= 15 is 0 Å². The Morgan fingerprint density at radius 2 is 1.90 bits per heavy atom. The summed E-state index contributed by atoms with van der Waals surface area (Å²) in [6, 6.07) is 14.2. The summed E-state index contributed by atoms with van der Waals surface area (Å²) in [6.45, 7) is 0. The van der Waals surface area contributed by atoms with E-state index in [2.05, 4.69) is 26.6 Å². The molecule has 0 aliphatic heterocycles. The number of halogens is 2. The molecule has 0 spiro atoms. The number of nitrogens with one attached hydrogen (secondary N) is 2. The van der Waals surface area contributed by atoms with Crippen molar-refractivity contribution in [3.05, 3.63) is 63.6 Å². The number of hydrogen-bond donors (Lipinski definition) is 2. The number of rotatable bonds is 2. The molecule has 0 aromatic heterocycles. The average molecular weight is 370 g/mol. The molecule has 0 aliphatic rings. The molecule has 0 heterocycles. The molecule has 0 unspecified atom stereocenters. The minimum atomic E-state index is -0.308. The maximum absolute atomic E-state index is 12.0. The van der Waals surface area contributed by atoms with Gasteiger partial charge in [0.1, 0.15) is 0 Å². The van der Waals surface area contributed by atoms with Crippen molar-refractivity contribution in [2.24, 2.45) is 0 Å². The Labute approximate surface area is 135 Å². The highest BCUT2D eigenvalue weighted by Gasteiger charge is 2.09. The van der Waals surface area contributed by atoms with E-state index in [9.17, 15) is 4.79 Å². The molecule has 0 saturated carbocycles. The molecule has 0 radical (unpaired) electrons. The van der Waals surface area contributed by atoms with E-state index in [0.29, 0.717) is 10.6 Å². The van der Waals surface area contributed by atoms with Crippen LogP contribution in [0.1, 0.15) is 10.4 Å². The normalized spacial score (nSPS) is 9.90. The van der Waals surface area contributed by atoms with Gasteiger partial charge in [-0.25, -0.2) is 0 Å². The molecule has 2 aromatic rings. The third-order valence-electron chi connectivity index (χ3n) is 2.44. The number of thiocarbonyl (C=S) groups is 1. The second-order valence-electron chi connectivity index (χ2n) is 3.90. The molecule has 0 atom stereocenters. The van der Waals surface area contributed by atoms with Crippen LogP contribution in [0, 0.1) is 0 Å². The fourth-order valence-electron chi connectivity index (χ4n) is 1.52. The first-order valence-electron chi connectivity index (χ1n) is 5.68. The molecular weight excluding hydrogens is 360 g/mol. The van der Waals surface area contributed by atoms with E-state index in [-0.39, 0.29) is 11.0 Å². The first-order valence-corrected chi connectivity index (χ1v) is 7.26. The van der Waals surface area contributed by atoms with E-state index in [1.165, 1.54) is 0 Å². The molecule has 0 fully saturated rings. The van der Waals surface area contributed by atoms with E-state index in [1.54, 1.807) is 24.3 Å². The van der Waals surface area contributed by atoms with Gasteiger partial charge in [0.15, 0.2) is 5.11 Å². The Morgan fingerprint density at radius 3 is 2.60 bits per heavy atom. The highest BCUT2D eigenvalue weighted by Crippen LogP contribution is 2.21. The Morgan fingerprint density at radius 1 is 1.15 bits per heavy atom. The molecule has 102 valence electrons. The highest BCUT2D eigenvalue weighted by molar-refractivity contribution is 9.10. The number of anilines is 1. The van der Waals surface area contributed by atoms with Crippen LogP contribution < -0.4 is 10.6 Å². The Hall–Kier alpha value is -1.43. The highest BCUT2D eigenvalue weighted by atomic mass is 79.9. The molecule has 20 heavy (non-hydrogen) atoms. The van der Waals surface area contributed by atoms with Gasteiger partial charge in [-0.15, -0.1) is 0 Å². The molecular formula is C14H10BrClN2OS. The summed E-state index contributed by atoms with van der Waals surface area (Å²) in [7, 11) is 0. The molecule has 0 saturated heterocycles. The number of para-hydroxylation sites is 1. The van der Waals surface area contributed by atoms with Crippen molar-refractivity contribution < 1.29 is 4.79 Å². The molecule has 0 bridgehead atoms. The van der Waals surface area contributed by atoms with Gasteiger partial charge in [-0.05, 0) is 58.5 Å². The smallest absolute Gasteiger partial charge is 0.257 e. The maximum atomic E-state index is 12.0. The van der Waals surface area contributed by atoms with E-state index in [4.69, 9.17) is 23.8 Å². The second kappa shape index (κ2) is 6.83. The predicted octanol–water partition coefficient (Wildman–Crippen LogP) is 4.23. The topological polar surface area (TPSA) is 41.1 Å².